The number of ether oxygens (including phenoxy) is 1. The summed E-state index contributed by atoms with van der Waals surface area (Å²) in [5.41, 5.74) is 0. The molecule has 0 radical (unpaired) electrons. The number of carbonyl (C=O) groups excluding carboxylic acids is 1. The van der Waals surface area contributed by atoms with E-state index in [-0.39, 0.29) is 11.8 Å². The summed E-state index contributed by atoms with van der Waals surface area (Å²) in [4.78, 5) is 27.3. The van der Waals surface area contributed by atoms with Crippen molar-refractivity contribution in [1.29, 1.82) is 0 Å². The average Bonchev–Trinajstić information content (AvgIpc) is 3.33. The van der Waals surface area contributed by atoms with Crippen molar-refractivity contribution in [3.63, 3.8) is 0 Å². The first-order valence-corrected chi connectivity index (χ1v) is 9.67. The van der Waals surface area contributed by atoms with Crippen LogP contribution in [0.15, 0.2) is 55.4 Å². The second kappa shape index (κ2) is 9.13. The predicted octanol–water partition coefficient (Wildman–Crippen LogP) is 1.47. The number of hydrogen-bond acceptors (Lipinski definition) is 7. The third-order valence-corrected chi connectivity index (χ3v) is 4.82. The Hall–Kier alpha value is -3.49. The molecule has 9 nitrogen and oxygen atoms in total. The second-order valence-electron chi connectivity index (χ2n) is 6.81. The number of anilines is 1. The summed E-state index contributed by atoms with van der Waals surface area (Å²) >= 11 is 0. The van der Waals surface area contributed by atoms with Gasteiger partial charge in [0.25, 0.3) is 0 Å². The maximum absolute atomic E-state index is 12.6. The summed E-state index contributed by atoms with van der Waals surface area (Å²) in [5, 5.41) is 7.08. The first kappa shape index (κ1) is 18.9. The number of nitrogens with one attached hydrogen (secondary N) is 1. The Morgan fingerprint density at radius 3 is 2.86 bits per heavy atom. The minimum absolute atomic E-state index is 0.0527. The van der Waals surface area contributed by atoms with Gasteiger partial charge in [0.2, 0.25) is 5.91 Å². The van der Waals surface area contributed by atoms with Gasteiger partial charge in [-0.2, -0.15) is 5.10 Å². The number of rotatable bonds is 7. The molecular formula is C20H23N7O2. The fourth-order valence-electron chi connectivity index (χ4n) is 3.37. The van der Waals surface area contributed by atoms with Gasteiger partial charge in [-0.1, -0.05) is 18.2 Å². The monoisotopic (exact) mass is 393 g/mol. The first-order valence-electron chi connectivity index (χ1n) is 9.67. The topological polar surface area (TPSA) is 98.1 Å². The summed E-state index contributed by atoms with van der Waals surface area (Å²) in [5.74, 6) is 2.22. The molecule has 1 aliphatic rings. The average molecular weight is 393 g/mol. The van der Waals surface area contributed by atoms with Crippen LogP contribution in [-0.2, 0) is 4.79 Å². The van der Waals surface area contributed by atoms with E-state index in [0.717, 1.165) is 31.0 Å². The van der Waals surface area contributed by atoms with Gasteiger partial charge in [-0.25, -0.2) is 19.6 Å². The van der Waals surface area contributed by atoms with Crippen LogP contribution in [0.2, 0.25) is 0 Å². The number of amides is 1. The van der Waals surface area contributed by atoms with Crippen LogP contribution in [-0.4, -0.2) is 56.9 Å². The van der Waals surface area contributed by atoms with Crippen LogP contribution in [0.1, 0.15) is 12.8 Å². The Kier molecular flexibility index (Phi) is 5.94. The zero-order valence-electron chi connectivity index (χ0n) is 16.0. The molecular weight excluding hydrogens is 370 g/mol. The molecule has 1 aromatic carbocycles. The molecule has 0 saturated carbocycles. The largest absolute Gasteiger partial charge is 0.492 e. The number of benzene rings is 1. The molecule has 1 aliphatic heterocycles. The molecule has 0 bridgehead atoms. The fourth-order valence-corrected chi connectivity index (χ4v) is 3.37. The van der Waals surface area contributed by atoms with E-state index in [9.17, 15) is 4.79 Å². The Labute approximate surface area is 168 Å². The summed E-state index contributed by atoms with van der Waals surface area (Å²) in [6.45, 7) is 2.40. The van der Waals surface area contributed by atoms with E-state index >= 15 is 0 Å². The van der Waals surface area contributed by atoms with Gasteiger partial charge in [0.15, 0.2) is 5.82 Å². The minimum atomic E-state index is -0.0785. The highest BCUT2D eigenvalue weighted by atomic mass is 16.5. The molecule has 1 atom stereocenters. The van der Waals surface area contributed by atoms with Gasteiger partial charge in [-0.05, 0) is 25.0 Å². The van der Waals surface area contributed by atoms with Gasteiger partial charge in [-0.3, -0.25) is 4.79 Å². The van der Waals surface area contributed by atoms with Crippen molar-refractivity contribution in [2.75, 3.05) is 31.1 Å². The SMILES string of the molecule is O=C(NCCOc1ccccc1)[C@H]1CCCN(c2cc(-n3cncn3)ncn2)C1. The summed E-state index contributed by atoms with van der Waals surface area (Å²) in [7, 11) is 0. The third-order valence-electron chi connectivity index (χ3n) is 4.82. The number of piperidine rings is 1. The Morgan fingerprint density at radius 1 is 1.17 bits per heavy atom. The molecule has 29 heavy (non-hydrogen) atoms. The molecule has 0 aliphatic carbocycles. The molecule has 1 saturated heterocycles. The van der Waals surface area contributed by atoms with Crippen molar-refractivity contribution < 1.29 is 9.53 Å². The first-order chi connectivity index (χ1) is 14.3. The molecule has 4 rings (SSSR count). The molecule has 3 heterocycles. The van der Waals surface area contributed by atoms with Crippen LogP contribution in [0.4, 0.5) is 5.82 Å². The molecule has 2 aromatic heterocycles. The minimum Gasteiger partial charge on any atom is -0.492 e. The van der Waals surface area contributed by atoms with Gasteiger partial charge in [0, 0.05) is 19.2 Å². The summed E-state index contributed by atoms with van der Waals surface area (Å²) in [6, 6.07) is 11.4. The molecule has 1 fully saturated rings. The zero-order valence-corrected chi connectivity index (χ0v) is 16.0. The van der Waals surface area contributed by atoms with Crippen molar-refractivity contribution in [1.82, 2.24) is 30.0 Å². The van der Waals surface area contributed by atoms with E-state index in [1.54, 1.807) is 11.0 Å². The highest BCUT2D eigenvalue weighted by Gasteiger charge is 2.26. The van der Waals surface area contributed by atoms with Gasteiger partial charge in [-0.15, -0.1) is 0 Å². The van der Waals surface area contributed by atoms with E-state index in [2.05, 4.69) is 30.3 Å². The van der Waals surface area contributed by atoms with Gasteiger partial charge in [0.1, 0.15) is 37.2 Å². The van der Waals surface area contributed by atoms with Crippen molar-refractivity contribution in [2.45, 2.75) is 12.8 Å². The van der Waals surface area contributed by atoms with Gasteiger partial charge >= 0.3 is 0 Å². The molecule has 3 aromatic rings. The number of carbonyl (C=O) groups is 1. The van der Waals surface area contributed by atoms with E-state index in [1.165, 1.54) is 12.7 Å². The highest BCUT2D eigenvalue weighted by molar-refractivity contribution is 5.79. The van der Waals surface area contributed by atoms with Crippen LogP contribution in [0.3, 0.4) is 0 Å². The smallest absolute Gasteiger partial charge is 0.225 e. The van der Waals surface area contributed by atoms with Crippen molar-refractivity contribution in [3.8, 4) is 11.6 Å². The van der Waals surface area contributed by atoms with E-state index in [1.807, 2.05) is 36.4 Å². The maximum atomic E-state index is 12.6. The number of hydrogen-bond donors (Lipinski definition) is 1. The lowest BCUT2D eigenvalue weighted by atomic mass is 9.97. The number of nitrogens with zero attached hydrogens (tertiary/aromatic N) is 6. The van der Waals surface area contributed by atoms with E-state index < -0.39 is 0 Å². The molecule has 0 spiro atoms. The number of para-hydroxylation sites is 1. The molecule has 1 amide bonds. The van der Waals surface area contributed by atoms with Gasteiger partial charge in [0.05, 0.1) is 12.5 Å². The van der Waals surface area contributed by atoms with Crippen LogP contribution in [0, 0.1) is 5.92 Å². The third kappa shape index (κ3) is 4.87. The Morgan fingerprint density at radius 2 is 2.03 bits per heavy atom. The lowest BCUT2D eigenvalue weighted by Gasteiger charge is -2.32. The van der Waals surface area contributed by atoms with Crippen molar-refractivity contribution >= 4 is 11.7 Å². The van der Waals surface area contributed by atoms with E-state index in [4.69, 9.17) is 4.74 Å². The van der Waals surface area contributed by atoms with Crippen LogP contribution in [0.5, 0.6) is 5.75 Å². The fraction of sp³-hybridized carbons (Fsp3) is 0.350. The lowest BCUT2D eigenvalue weighted by molar-refractivity contribution is -0.125. The molecule has 0 unspecified atom stereocenters. The molecule has 1 N–H and O–H groups in total. The quantitative estimate of drug-likeness (QED) is 0.607. The number of aromatic nitrogens is 5. The van der Waals surface area contributed by atoms with Crippen molar-refractivity contribution in [2.24, 2.45) is 5.92 Å². The standard InChI is InChI=1S/C20H23N7O2/c28-20(22-8-10-29-17-6-2-1-3-7-17)16-5-4-9-26(12-16)18-11-19(24-14-23-18)27-15-21-13-25-27/h1-3,6-7,11,13-16H,4-5,8-10,12H2,(H,22,28)/t16-/m0/s1. The Balaban J connectivity index is 1.30. The highest BCUT2D eigenvalue weighted by Crippen LogP contribution is 2.22. The lowest BCUT2D eigenvalue weighted by Crippen LogP contribution is -2.44. The van der Waals surface area contributed by atoms with Gasteiger partial charge < -0.3 is 15.0 Å². The molecule has 150 valence electrons. The van der Waals surface area contributed by atoms with Crippen LogP contribution < -0.4 is 15.0 Å². The Bertz CT molecular complexity index is 918. The predicted molar refractivity (Wildman–Crippen MR) is 107 cm³/mol. The molecule has 9 heteroatoms. The zero-order chi connectivity index (χ0) is 19.9. The van der Waals surface area contributed by atoms with Crippen molar-refractivity contribution in [3.05, 3.63) is 55.4 Å². The van der Waals surface area contributed by atoms with Crippen LogP contribution >= 0.6 is 0 Å². The van der Waals surface area contributed by atoms with Crippen LogP contribution in [0.25, 0.3) is 5.82 Å². The summed E-state index contributed by atoms with van der Waals surface area (Å²) in [6.07, 6.45) is 6.36. The summed E-state index contributed by atoms with van der Waals surface area (Å²) < 4.78 is 7.22. The second-order valence-corrected chi connectivity index (χ2v) is 6.81. The van der Waals surface area contributed by atoms with E-state index in [0.29, 0.717) is 25.5 Å². The maximum Gasteiger partial charge on any atom is 0.225 e. The normalized spacial score (nSPS) is 16.4.